The molecule has 18 heavy (non-hydrogen) atoms. The summed E-state index contributed by atoms with van der Waals surface area (Å²) < 4.78 is 0. The molecular formula is C10H11N3O5. The van der Waals surface area contributed by atoms with Crippen LogP contribution in [0.1, 0.15) is 11.8 Å². The van der Waals surface area contributed by atoms with Crippen molar-refractivity contribution in [3.05, 3.63) is 34.0 Å². The summed E-state index contributed by atoms with van der Waals surface area (Å²) in [5.74, 6) is 0. The number of nitrogens with zero attached hydrogens (tertiary/aromatic N) is 2. The fourth-order valence-electron chi connectivity index (χ4n) is 1.65. The van der Waals surface area contributed by atoms with E-state index in [4.69, 9.17) is 5.11 Å². The third-order valence-corrected chi connectivity index (χ3v) is 2.63. The lowest BCUT2D eigenvalue weighted by Crippen LogP contribution is -2.22. The van der Waals surface area contributed by atoms with Crippen LogP contribution >= 0.6 is 0 Å². The maximum atomic E-state index is 10.6. The fourth-order valence-corrected chi connectivity index (χ4v) is 1.65. The van der Waals surface area contributed by atoms with Gasteiger partial charge in [0.1, 0.15) is 12.2 Å². The van der Waals surface area contributed by atoms with Crippen LogP contribution in [0.3, 0.4) is 0 Å². The van der Waals surface area contributed by atoms with Gasteiger partial charge in [0.2, 0.25) is 0 Å². The summed E-state index contributed by atoms with van der Waals surface area (Å²) in [5.41, 5.74) is 0.405. The van der Waals surface area contributed by atoms with Crippen molar-refractivity contribution >= 4 is 16.6 Å². The van der Waals surface area contributed by atoms with E-state index >= 15 is 0 Å². The van der Waals surface area contributed by atoms with Crippen LogP contribution in [0.5, 0.6) is 0 Å². The van der Waals surface area contributed by atoms with Crippen LogP contribution in [0.15, 0.2) is 18.2 Å². The Morgan fingerprint density at radius 1 is 1.44 bits per heavy atom. The van der Waals surface area contributed by atoms with E-state index in [1.54, 1.807) is 0 Å². The van der Waals surface area contributed by atoms with Gasteiger partial charge in [-0.1, -0.05) is 0 Å². The average Bonchev–Trinajstić information content (AvgIpc) is 2.79. The minimum atomic E-state index is -1.34. The first-order valence-corrected chi connectivity index (χ1v) is 5.14. The molecule has 0 amide bonds. The van der Waals surface area contributed by atoms with E-state index < -0.39 is 23.7 Å². The van der Waals surface area contributed by atoms with E-state index in [9.17, 15) is 20.3 Å². The van der Waals surface area contributed by atoms with Crippen LogP contribution in [0.2, 0.25) is 0 Å². The topological polar surface area (TPSA) is 133 Å². The first-order chi connectivity index (χ1) is 8.54. The van der Waals surface area contributed by atoms with Crippen molar-refractivity contribution in [1.82, 2.24) is 10.2 Å². The monoisotopic (exact) mass is 253 g/mol. The van der Waals surface area contributed by atoms with Gasteiger partial charge >= 0.3 is 0 Å². The second kappa shape index (κ2) is 4.69. The number of aliphatic hydroxyl groups excluding tert-OH is 3. The molecule has 0 saturated heterocycles. The smallest absolute Gasteiger partial charge is 0.271 e. The summed E-state index contributed by atoms with van der Waals surface area (Å²) in [5, 5.41) is 45.2. The van der Waals surface area contributed by atoms with Crippen molar-refractivity contribution in [3.63, 3.8) is 0 Å². The Bertz CT molecular complexity index is 582. The minimum Gasteiger partial charge on any atom is -0.394 e. The molecule has 1 aromatic heterocycles. The van der Waals surface area contributed by atoms with Crippen LogP contribution in [-0.2, 0) is 0 Å². The van der Waals surface area contributed by atoms with Crippen LogP contribution in [0, 0.1) is 10.1 Å². The van der Waals surface area contributed by atoms with Gasteiger partial charge in [0.25, 0.3) is 5.69 Å². The molecule has 0 radical (unpaired) electrons. The standard InChI is InChI=1S/C10H11N3O5/c14-4-8(15)10(16)9-6-2-1-5(13(17)18)3-7(6)11-12-9/h1-3,8,10,14-16H,4H2,(H,11,12). The molecular weight excluding hydrogens is 242 g/mol. The predicted octanol–water partition coefficient (Wildman–Crippen LogP) is -0.142. The molecule has 2 atom stereocenters. The lowest BCUT2D eigenvalue weighted by molar-refractivity contribution is -0.384. The molecule has 0 fully saturated rings. The number of benzene rings is 1. The molecule has 1 heterocycles. The van der Waals surface area contributed by atoms with Gasteiger partial charge in [-0.25, -0.2) is 0 Å². The van der Waals surface area contributed by atoms with E-state index in [1.807, 2.05) is 0 Å². The molecule has 0 aliphatic carbocycles. The number of non-ortho nitro benzene ring substituents is 1. The summed E-state index contributed by atoms with van der Waals surface area (Å²) in [4.78, 5) is 10.0. The van der Waals surface area contributed by atoms with Gasteiger partial charge in [-0.05, 0) is 6.07 Å². The second-order valence-electron chi connectivity index (χ2n) is 3.79. The Balaban J connectivity index is 2.46. The Labute approximate surface area is 101 Å². The largest absolute Gasteiger partial charge is 0.394 e. The Hall–Kier alpha value is -2.03. The molecule has 8 nitrogen and oxygen atoms in total. The molecule has 4 N–H and O–H groups in total. The molecule has 1 aromatic carbocycles. The average molecular weight is 253 g/mol. The SMILES string of the molecule is O=[N+]([O-])c1ccc2c(C(O)C(O)CO)[nH]nc2c1. The fraction of sp³-hybridized carbons (Fsp3) is 0.300. The zero-order valence-electron chi connectivity index (χ0n) is 9.15. The van der Waals surface area contributed by atoms with Crippen LogP contribution in [0.25, 0.3) is 10.9 Å². The summed E-state index contributed by atoms with van der Waals surface area (Å²) in [7, 11) is 0. The van der Waals surface area contributed by atoms with Crippen molar-refractivity contribution in [2.75, 3.05) is 6.61 Å². The number of nitro groups is 1. The molecule has 0 bridgehead atoms. The summed E-state index contributed by atoms with van der Waals surface area (Å²) in [6, 6.07) is 3.96. The van der Waals surface area contributed by atoms with Gasteiger partial charge in [0.15, 0.2) is 0 Å². The number of rotatable bonds is 4. The number of hydrogen-bond acceptors (Lipinski definition) is 6. The Morgan fingerprint density at radius 2 is 2.17 bits per heavy atom. The molecule has 2 aromatic rings. The Kier molecular flexibility index (Phi) is 3.24. The van der Waals surface area contributed by atoms with Crippen LogP contribution in [0.4, 0.5) is 5.69 Å². The van der Waals surface area contributed by atoms with Gasteiger partial charge in [-0.2, -0.15) is 5.10 Å². The summed E-state index contributed by atoms with van der Waals surface area (Å²) in [6.45, 7) is -0.603. The number of aliphatic hydroxyl groups is 3. The van der Waals surface area contributed by atoms with E-state index in [0.29, 0.717) is 10.9 Å². The Morgan fingerprint density at radius 3 is 2.78 bits per heavy atom. The number of H-pyrrole nitrogens is 1. The number of fused-ring (bicyclic) bond motifs is 1. The van der Waals surface area contributed by atoms with E-state index in [1.165, 1.54) is 18.2 Å². The highest BCUT2D eigenvalue weighted by molar-refractivity contribution is 5.83. The van der Waals surface area contributed by atoms with Crippen LogP contribution < -0.4 is 0 Å². The van der Waals surface area contributed by atoms with Gasteiger partial charge in [0, 0.05) is 17.5 Å². The van der Waals surface area contributed by atoms with Crippen molar-refractivity contribution < 1.29 is 20.2 Å². The maximum Gasteiger partial charge on any atom is 0.271 e. The van der Waals surface area contributed by atoms with Gasteiger partial charge < -0.3 is 15.3 Å². The molecule has 0 spiro atoms. The van der Waals surface area contributed by atoms with Crippen molar-refractivity contribution in [3.8, 4) is 0 Å². The van der Waals surface area contributed by atoms with Gasteiger partial charge in [-0.15, -0.1) is 0 Å². The zero-order valence-corrected chi connectivity index (χ0v) is 9.15. The lowest BCUT2D eigenvalue weighted by atomic mass is 10.1. The highest BCUT2D eigenvalue weighted by Crippen LogP contribution is 2.26. The molecule has 8 heteroatoms. The van der Waals surface area contributed by atoms with E-state index in [0.717, 1.165) is 0 Å². The predicted molar refractivity (Wildman–Crippen MR) is 60.8 cm³/mol. The minimum absolute atomic E-state index is 0.113. The third kappa shape index (κ3) is 2.04. The van der Waals surface area contributed by atoms with Gasteiger partial charge in [0.05, 0.1) is 22.7 Å². The molecule has 96 valence electrons. The summed E-state index contributed by atoms with van der Waals surface area (Å²) >= 11 is 0. The third-order valence-electron chi connectivity index (χ3n) is 2.63. The first-order valence-electron chi connectivity index (χ1n) is 5.14. The highest BCUT2D eigenvalue weighted by Gasteiger charge is 2.22. The molecule has 2 rings (SSSR count). The van der Waals surface area contributed by atoms with Crippen molar-refractivity contribution in [2.45, 2.75) is 12.2 Å². The molecule has 0 saturated carbocycles. The van der Waals surface area contributed by atoms with E-state index in [2.05, 4.69) is 10.2 Å². The first kappa shape index (κ1) is 12.4. The number of hydrogen-bond donors (Lipinski definition) is 4. The number of aromatic nitrogens is 2. The normalized spacial score (nSPS) is 14.6. The van der Waals surface area contributed by atoms with Gasteiger partial charge in [-0.3, -0.25) is 15.2 Å². The molecule has 0 aliphatic rings. The van der Waals surface area contributed by atoms with Crippen molar-refractivity contribution in [1.29, 1.82) is 0 Å². The second-order valence-corrected chi connectivity index (χ2v) is 3.79. The highest BCUT2D eigenvalue weighted by atomic mass is 16.6. The molecule has 2 unspecified atom stereocenters. The quantitative estimate of drug-likeness (QED) is 0.442. The zero-order chi connectivity index (χ0) is 13.3. The molecule has 0 aliphatic heterocycles. The van der Waals surface area contributed by atoms with Crippen LogP contribution in [-0.4, -0.2) is 43.2 Å². The lowest BCUT2D eigenvalue weighted by Gasteiger charge is -2.13. The number of nitro benzene ring substituents is 1. The number of nitrogens with one attached hydrogen (secondary N) is 1. The van der Waals surface area contributed by atoms with E-state index in [-0.39, 0.29) is 11.4 Å². The summed E-state index contributed by atoms with van der Waals surface area (Å²) in [6.07, 6.45) is -2.68. The maximum absolute atomic E-state index is 10.6. The van der Waals surface area contributed by atoms with Crippen molar-refractivity contribution in [2.24, 2.45) is 0 Å². The number of aromatic amines is 1.